The van der Waals surface area contributed by atoms with Crippen LogP contribution in [0.4, 0.5) is 14.6 Å². The second-order valence-electron chi connectivity index (χ2n) is 9.09. The molecule has 1 amide bonds. The van der Waals surface area contributed by atoms with Crippen LogP contribution >= 0.6 is 0 Å². The quantitative estimate of drug-likeness (QED) is 0.309. The molecule has 0 fully saturated rings. The maximum atomic E-state index is 13.9. The molecule has 2 aromatic rings. The van der Waals surface area contributed by atoms with Gasteiger partial charge in [-0.3, -0.25) is 4.79 Å². The van der Waals surface area contributed by atoms with Crippen molar-refractivity contribution in [2.24, 2.45) is 0 Å². The van der Waals surface area contributed by atoms with Gasteiger partial charge in [0.15, 0.2) is 0 Å². The number of carbonyl (C=O) groups excluding carboxylic acids is 1. The highest BCUT2D eigenvalue weighted by molar-refractivity contribution is 5.97. The smallest absolute Gasteiger partial charge is 0.326 e. The number of carboxylic acid groups (broad SMARTS) is 1. The SMILES string of the molecule is CCOCCN(CCCCc1ccc2c(n1)NCCC2)CCC(NC(=O)c1c(F)cccc1F)C(=O)O. The van der Waals surface area contributed by atoms with Gasteiger partial charge in [-0.25, -0.2) is 18.6 Å². The van der Waals surface area contributed by atoms with Crippen molar-refractivity contribution >= 4 is 17.7 Å². The summed E-state index contributed by atoms with van der Waals surface area (Å²) in [7, 11) is 0. The third-order valence-electron chi connectivity index (χ3n) is 6.39. The molecular formula is C27H36F2N4O4. The van der Waals surface area contributed by atoms with Gasteiger partial charge >= 0.3 is 5.97 Å². The normalized spacial score (nSPS) is 13.6. The van der Waals surface area contributed by atoms with Crippen LogP contribution in [0.3, 0.4) is 0 Å². The minimum Gasteiger partial charge on any atom is -0.480 e. The first-order valence-corrected chi connectivity index (χ1v) is 12.9. The van der Waals surface area contributed by atoms with Crippen molar-refractivity contribution in [1.82, 2.24) is 15.2 Å². The number of nitrogens with zero attached hydrogens (tertiary/aromatic N) is 2. The molecule has 2 heterocycles. The highest BCUT2D eigenvalue weighted by atomic mass is 19.1. The van der Waals surface area contributed by atoms with Gasteiger partial charge in [-0.1, -0.05) is 12.1 Å². The Morgan fingerprint density at radius 2 is 1.95 bits per heavy atom. The van der Waals surface area contributed by atoms with E-state index in [-0.39, 0.29) is 6.42 Å². The number of hydrogen-bond acceptors (Lipinski definition) is 6. The lowest BCUT2D eigenvalue weighted by Gasteiger charge is -2.24. The summed E-state index contributed by atoms with van der Waals surface area (Å²) in [5.74, 6) is -3.44. The molecule has 0 saturated heterocycles. The lowest BCUT2D eigenvalue weighted by atomic mass is 10.1. The van der Waals surface area contributed by atoms with Crippen LogP contribution in [-0.4, -0.2) is 72.3 Å². The number of rotatable bonds is 15. The van der Waals surface area contributed by atoms with Crippen LogP contribution in [-0.2, 0) is 22.4 Å². The average Bonchev–Trinajstić information content (AvgIpc) is 2.88. The number of ether oxygens (including phenoxy) is 1. The molecule has 1 unspecified atom stereocenters. The average molecular weight is 519 g/mol. The number of halogens is 2. The summed E-state index contributed by atoms with van der Waals surface area (Å²) in [5.41, 5.74) is 1.52. The van der Waals surface area contributed by atoms with Gasteiger partial charge < -0.3 is 25.4 Å². The molecule has 0 aliphatic carbocycles. The Kier molecular flexibility index (Phi) is 11.2. The maximum absolute atomic E-state index is 13.9. The van der Waals surface area contributed by atoms with Crippen molar-refractivity contribution in [3.8, 4) is 0 Å². The van der Waals surface area contributed by atoms with Crippen LogP contribution in [0.25, 0.3) is 0 Å². The first kappa shape index (κ1) is 28.5. The van der Waals surface area contributed by atoms with E-state index >= 15 is 0 Å². The van der Waals surface area contributed by atoms with Crippen LogP contribution in [0.2, 0.25) is 0 Å². The Balaban J connectivity index is 1.51. The molecule has 10 heteroatoms. The number of carboxylic acids is 1. The van der Waals surface area contributed by atoms with Crippen LogP contribution in [0.15, 0.2) is 30.3 Å². The topological polar surface area (TPSA) is 104 Å². The van der Waals surface area contributed by atoms with Gasteiger partial charge in [-0.2, -0.15) is 0 Å². The van der Waals surface area contributed by atoms with E-state index in [0.29, 0.717) is 26.3 Å². The molecule has 0 saturated carbocycles. The predicted molar refractivity (Wildman–Crippen MR) is 137 cm³/mol. The Morgan fingerprint density at radius 3 is 2.68 bits per heavy atom. The number of amides is 1. The molecule has 0 radical (unpaired) electrons. The molecule has 1 aromatic heterocycles. The molecule has 1 atom stereocenters. The monoisotopic (exact) mass is 518 g/mol. The number of pyridine rings is 1. The molecule has 0 bridgehead atoms. The van der Waals surface area contributed by atoms with Gasteiger partial charge in [0, 0.05) is 31.9 Å². The molecule has 202 valence electrons. The highest BCUT2D eigenvalue weighted by Gasteiger charge is 2.25. The van der Waals surface area contributed by atoms with Gasteiger partial charge in [0.2, 0.25) is 0 Å². The van der Waals surface area contributed by atoms with Crippen molar-refractivity contribution in [1.29, 1.82) is 0 Å². The molecule has 0 spiro atoms. The number of aromatic nitrogens is 1. The standard InChI is InChI=1S/C27H36F2N4O4/c1-2-37-18-17-33(15-4-3-8-20-12-11-19-7-6-14-30-25(19)31-20)16-13-23(27(35)36)32-26(34)24-21(28)9-5-10-22(24)29/h5,9-12,23H,2-4,6-8,13-18H2,1H3,(H,30,31)(H,32,34)(H,35,36). The number of hydrogen-bond donors (Lipinski definition) is 3. The number of benzene rings is 1. The van der Waals surface area contributed by atoms with Gasteiger partial charge in [0.25, 0.3) is 5.91 Å². The predicted octanol–water partition coefficient (Wildman–Crippen LogP) is 3.65. The number of carbonyl (C=O) groups is 2. The number of anilines is 1. The molecule has 3 rings (SSSR count). The Morgan fingerprint density at radius 1 is 1.16 bits per heavy atom. The lowest BCUT2D eigenvalue weighted by molar-refractivity contribution is -0.139. The van der Waals surface area contributed by atoms with Crippen molar-refractivity contribution in [3.05, 3.63) is 58.8 Å². The molecule has 1 aliphatic heterocycles. The number of aliphatic carboxylic acids is 1. The fraction of sp³-hybridized carbons (Fsp3) is 0.519. The van der Waals surface area contributed by atoms with E-state index in [1.54, 1.807) is 0 Å². The molecule has 3 N–H and O–H groups in total. The van der Waals surface area contributed by atoms with E-state index in [1.807, 2.05) is 6.92 Å². The zero-order valence-electron chi connectivity index (χ0n) is 21.3. The van der Waals surface area contributed by atoms with Gasteiger partial charge in [-0.15, -0.1) is 0 Å². The maximum Gasteiger partial charge on any atom is 0.326 e. The van der Waals surface area contributed by atoms with E-state index in [9.17, 15) is 23.5 Å². The van der Waals surface area contributed by atoms with Crippen molar-refractivity contribution < 1.29 is 28.2 Å². The Bertz CT molecular complexity index is 1030. The molecule has 37 heavy (non-hydrogen) atoms. The van der Waals surface area contributed by atoms with E-state index in [2.05, 4.69) is 27.7 Å². The van der Waals surface area contributed by atoms with Crippen LogP contribution < -0.4 is 10.6 Å². The second kappa shape index (κ2) is 14.6. The van der Waals surface area contributed by atoms with Gasteiger partial charge in [0.05, 0.1) is 6.61 Å². The summed E-state index contributed by atoms with van der Waals surface area (Å²) in [4.78, 5) is 31.0. The third-order valence-corrected chi connectivity index (χ3v) is 6.39. The molecular weight excluding hydrogens is 482 g/mol. The molecule has 1 aliphatic rings. The fourth-order valence-corrected chi connectivity index (χ4v) is 4.34. The molecule has 1 aromatic carbocycles. The second-order valence-corrected chi connectivity index (χ2v) is 9.09. The summed E-state index contributed by atoms with van der Waals surface area (Å²) in [6.07, 6.45) is 4.90. The largest absolute Gasteiger partial charge is 0.480 e. The van der Waals surface area contributed by atoms with E-state index in [4.69, 9.17) is 9.72 Å². The minimum absolute atomic E-state index is 0.0846. The summed E-state index contributed by atoms with van der Waals surface area (Å²) in [6.45, 7) is 5.64. The van der Waals surface area contributed by atoms with Crippen molar-refractivity contribution in [3.63, 3.8) is 0 Å². The number of unbranched alkanes of at least 4 members (excludes halogenated alkanes) is 1. The summed E-state index contributed by atoms with van der Waals surface area (Å²) in [6, 6.07) is 6.00. The number of aryl methyl sites for hydroxylation is 2. The van der Waals surface area contributed by atoms with Crippen molar-refractivity contribution in [2.75, 3.05) is 44.7 Å². The van der Waals surface area contributed by atoms with Crippen molar-refractivity contribution in [2.45, 2.75) is 51.5 Å². The summed E-state index contributed by atoms with van der Waals surface area (Å²) in [5, 5.41) is 15.2. The number of fused-ring (bicyclic) bond motifs is 1. The van der Waals surface area contributed by atoms with Gasteiger partial charge in [0.1, 0.15) is 29.1 Å². The van der Waals surface area contributed by atoms with Crippen LogP contribution in [0, 0.1) is 11.6 Å². The lowest BCUT2D eigenvalue weighted by Crippen LogP contribution is -2.44. The van der Waals surface area contributed by atoms with E-state index < -0.39 is 35.1 Å². The van der Waals surface area contributed by atoms with Crippen LogP contribution in [0.5, 0.6) is 0 Å². The third kappa shape index (κ3) is 8.75. The van der Waals surface area contributed by atoms with Gasteiger partial charge in [-0.05, 0) is 75.8 Å². The summed E-state index contributed by atoms with van der Waals surface area (Å²) >= 11 is 0. The van der Waals surface area contributed by atoms with Crippen LogP contribution in [0.1, 0.15) is 54.2 Å². The fourth-order valence-electron chi connectivity index (χ4n) is 4.34. The highest BCUT2D eigenvalue weighted by Crippen LogP contribution is 2.20. The minimum atomic E-state index is -1.28. The Hall–Kier alpha value is -3.11. The first-order valence-electron chi connectivity index (χ1n) is 12.9. The van der Waals surface area contributed by atoms with E-state index in [0.717, 1.165) is 74.9 Å². The molecule has 8 nitrogen and oxygen atoms in total. The number of nitrogens with one attached hydrogen (secondary N) is 2. The van der Waals surface area contributed by atoms with E-state index in [1.165, 1.54) is 5.56 Å². The first-order chi connectivity index (χ1) is 17.9. The zero-order chi connectivity index (χ0) is 26.6. The Labute approximate surface area is 216 Å². The zero-order valence-corrected chi connectivity index (χ0v) is 21.3. The summed E-state index contributed by atoms with van der Waals surface area (Å²) < 4.78 is 33.3.